The number of aromatic nitrogens is 2. The van der Waals surface area contributed by atoms with Gasteiger partial charge in [-0.2, -0.15) is 5.10 Å². The second kappa shape index (κ2) is 4.29. The highest BCUT2D eigenvalue weighted by Gasteiger charge is 2.25. The van der Waals surface area contributed by atoms with Gasteiger partial charge in [-0.1, -0.05) is 24.3 Å². The first-order valence-electron chi connectivity index (χ1n) is 6.12. The summed E-state index contributed by atoms with van der Waals surface area (Å²) in [5.41, 5.74) is 4.11. The minimum atomic E-state index is -0.108. The van der Waals surface area contributed by atoms with E-state index in [1.54, 1.807) is 6.07 Å². The van der Waals surface area contributed by atoms with E-state index >= 15 is 0 Å². The normalized spacial score (nSPS) is 16.8. The quantitative estimate of drug-likeness (QED) is 0.860. The number of H-pyrrole nitrogens is 1. The largest absolute Gasteiger partial charge is 0.350 e. The Labute approximate surface area is 105 Å². The fraction of sp³-hybridized carbons (Fsp3) is 0.286. The maximum atomic E-state index is 11.8. The molecule has 1 aromatic carbocycles. The van der Waals surface area contributed by atoms with Crippen LogP contribution in [0.4, 0.5) is 0 Å². The molecule has 0 saturated carbocycles. The van der Waals surface area contributed by atoms with Gasteiger partial charge < -0.3 is 5.32 Å². The highest BCUT2D eigenvalue weighted by atomic mass is 16.1. The van der Waals surface area contributed by atoms with Crippen molar-refractivity contribution in [2.75, 3.05) is 6.54 Å². The summed E-state index contributed by atoms with van der Waals surface area (Å²) in [6.45, 7) is 2.56. The van der Waals surface area contributed by atoms with Crippen molar-refractivity contribution in [3.63, 3.8) is 0 Å². The van der Waals surface area contributed by atoms with Crippen molar-refractivity contribution in [2.24, 2.45) is 0 Å². The van der Waals surface area contributed by atoms with E-state index in [1.165, 1.54) is 11.1 Å². The maximum Gasteiger partial charge on any atom is 0.271 e. The minimum absolute atomic E-state index is 0.108. The van der Waals surface area contributed by atoms with Crippen LogP contribution in [-0.4, -0.2) is 22.6 Å². The number of nitrogens with zero attached hydrogens (tertiary/aromatic N) is 1. The molecule has 1 heterocycles. The Morgan fingerprint density at radius 1 is 1.50 bits per heavy atom. The topological polar surface area (TPSA) is 57.8 Å². The van der Waals surface area contributed by atoms with Gasteiger partial charge in [0.15, 0.2) is 0 Å². The Morgan fingerprint density at radius 2 is 2.33 bits per heavy atom. The number of carbonyl (C=O) groups is 1. The number of amides is 1. The third-order valence-corrected chi connectivity index (χ3v) is 3.41. The van der Waals surface area contributed by atoms with Gasteiger partial charge in [0.25, 0.3) is 5.91 Å². The number of rotatable bonds is 3. The van der Waals surface area contributed by atoms with Gasteiger partial charge in [0.05, 0.1) is 0 Å². The molecule has 4 nitrogen and oxygen atoms in total. The van der Waals surface area contributed by atoms with Crippen molar-refractivity contribution in [3.05, 3.63) is 52.8 Å². The molecule has 0 saturated heterocycles. The molecule has 1 aromatic heterocycles. The standard InChI is InChI=1S/C14H15N3O/c1-9-6-13(17-16-9)14(18)15-8-11-7-10-4-2-3-5-12(10)11/h2-6,11H,7-8H2,1H3,(H,15,18)(H,16,17)/t11-/m0/s1. The van der Waals surface area contributed by atoms with Gasteiger partial charge >= 0.3 is 0 Å². The Kier molecular flexibility index (Phi) is 2.63. The number of fused-ring (bicyclic) bond motifs is 1. The Balaban J connectivity index is 1.59. The van der Waals surface area contributed by atoms with Crippen LogP contribution in [-0.2, 0) is 6.42 Å². The Morgan fingerprint density at radius 3 is 3.06 bits per heavy atom. The molecular formula is C14H15N3O. The molecule has 3 rings (SSSR count). The summed E-state index contributed by atoms with van der Waals surface area (Å²) in [5, 5.41) is 9.65. The van der Waals surface area contributed by atoms with E-state index < -0.39 is 0 Å². The van der Waals surface area contributed by atoms with Crippen LogP contribution < -0.4 is 5.32 Å². The molecule has 2 aromatic rings. The van der Waals surface area contributed by atoms with Crippen molar-refractivity contribution in [1.29, 1.82) is 0 Å². The molecule has 18 heavy (non-hydrogen) atoms. The zero-order valence-corrected chi connectivity index (χ0v) is 10.2. The number of aromatic amines is 1. The van der Waals surface area contributed by atoms with Crippen LogP contribution in [0.1, 0.15) is 33.2 Å². The smallest absolute Gasteiger partial charge is 0.271 e. The number of aryl methyl sites for hydroxylation is 1. The van der Waals surface area contributed by atoms with Gasteiger partial charge in [-0.3, -0.25) is 9.89 Å². The zero-order chi connectivity index (χ0) is 12.5. The number of carbonyl (C=O) groups excluding carboxylic acids is 1. The fourth-order valence-corrected chi connectivity index (χ4v) is 2.39. The average Bonchev–Trinajstić information content (AvgIpc) is 2.77. The molecule has 1 aliphatic carbocycles. The maximum absolute atomic E-state index is 11.8. The van der Waals surface area contributed by atoms with E-state index in [0.29, 0.717) is 18.2 Å². The van der Waals surface area contributed by atoms with Crippen molar-refractivity contribution in [2.45, 2.75) is 19.3 Å². The summed E-state index contributed by atoms with van der Waals surface area (Å²) in [6, 6.07) is 10.1. The highest BCUT2D eigenvalue weighted by Crippen LogP contribution is 2.33. The molecule has 92 valence electrons. The second-order valence-electron chi connectivity index (χ2n) is 4.75. The van der Waals surface area contributed by atoms with Gasteiger partial charge in [-0.15, -0.1) is 0 Å². The van der Waals surface area contributed by atoms with E-state index in [0.717, 1.165) is 12.1 Å². The molecule has 0 fully saturated rings. The van der Waals surface area contributed by atoms with Crippen LogP contribution in [0.25, 0.3) is 0 Å². The molecule has 4 heteroatoms. The monoisotopic (exact) mass is 241 g/mol. The van der Waals surface area contributed by atoms with Crippen LogP contribution in [0.15, 0.2) is 30.3 Å². The first kappa shape index (κ1) is 11.0. The summed E-state index contributed by atoms with van der Waals surface area (Å²) in [7, 11) is 0. The zero-order valence-electron chi connectivity index (χ0n) is 10.2. The number of benzene rings is 1. The van der Waals surface area contributed by atoms with Crippen molar-refractivity contribution < 1.29 is 4.79 Å². The lowest BCUT2D eigenvalue weighted by molar-refractivity contribution is 0.0945. The Hall–Kier alpha value is -2.10. The predicted molar refractivity (Wildman–Crippen MR) is 68.5 cm³/mol. The van der Waals surface area contributed by atoms with Crippen LogP contribution in [0.2, 0.25) is 0 Å². The average molecular weight is 241 g/mol. The lowest BCUT2D eigenvalue weighted by atomic mass is 9.77. The molecular weight excluding hydrogens is 226 g/mol. The van der Waals surface area contributed by atoms with E-state index in [4.69, 9.17) is 0 Å². The van der Waals surface area contributed by atoms with E-state index in [9.17, 15) is 4.79 Å². The summed E-state index contributed by atoms with van der Waals surface area (Å²) in [6.07, 6.45) is 1.05. The second-order valence-corrected chi connectivity index (χ2v) is 4.75. The summed E-state index contributed by atoms with van der Waals surface area (Å²) in [5.74, 6) is 0.342. The molecule has 1 atom stereocenters. The van der Waals surface area contributed by atoms with E-state index in [2.05, 4.69) is 33.7 Å². The van der Waals surface area contributed by atoms with Crippen LogP contribution in [0, 0.1) is 6.92 Å². The Bertz CT molecular complexity index is 588. The minimum Gasteiger partial charge on any atom is -0.350 e. The van der Waals surface area contributed by atoms with E-state index in [-0.39, 0.29) is 5.91 Å². The summed E-state index contributed by atoms with van der Waals surface area (Å²) >= 11 is 0. The number of hydrogen-bond acceptors (Lipinski definition) is 2. The van der Waals surface area contributed by atoms with Gasteiger partial charge in [-0.05, 0) is 30.5 Å². The van der Waals surface area contributed by atoms with Crippen LogP contribution in [0.3, 0.4) is 0 Å². The van der Waals surface area contributed by atoms with Gasteiger partial charge in [0.2, 0.25) is 0 Å². The van der Waals surface area contributed by atoms with Gasteiger partial charge in [0, 0.05) is 18.2 Å². The third kappa shape index (κ3) is 1.90. The first-order valence-corrected chi connectivity index (χ1v) is 6.12. The molecule has 1 aliphatic rings. The van der Waals surface area contributed by atoms with Gasteiger partial charge in [-0.25, -0.2) is 0 Å². The molecule has 0 unspecified atom stereocenters. The molecule has 0 bridgehead atoms. The van der Waals surface area contributed by atoms with Gasteiger partial charge in [0.1, 0.15) is 5.69 Å². The van der Waals surface area contributed by atoms with E-state index in [1.807, 2.05) is 13.0 Å². The number of hydrogen-bond donors (Lipinski definition) is 2. The van der Waals surface area contributed by atoms with Crippen molar-refractivity contribution in [1.82, 2.24) is 15.5 Å². The molecule has 1 amide bonds. The van der Waals surface area contributed by atoms with Crippen molar-refractivity contribution in [3.8, 4) is 0 Å². The fourth-order valence-electron chi connectivity index (χ4n) is 2.39. The highest BCUT2D eigenvalue weighted by molar-refractivity contribution is 5.92. The lowest BCUT2D eigenvalue weighted by Gasteiger charge is -2.30. The number of nitrogens with one attached hydrogen (secondary N) is 2. The summed E-state index contributed by atoms with van der Waals surface area (Å²) < 4.78 is 0. The first-order chi connectivity index (χ1) is 8.74. The van der Waals surface area contributed by atoms with Crippen molar-refractivity contribution >= 4 is 5.91 Å². The molecule has 0 radical (unpaired) electrons. The molecule has 0 spiro atoms. The predicted octanol–water partition coefficient (Wildman–Crippen LogP) is 1.79. The lowest BCUT2D eigenvalue weighted by Crippen LogP contribution is -2.33. The summed E-state index contributed by atoms with van der Waals surface area (Å²) in [4.78, 5) is 11.8. The SMILES string of the molecule is Cc1cc(C(=O)NC[C@@H]2Cc3ccccc32)n[nH]1. The van der Waals surface area contributed by atoms with Crippen LogP contribution >= 0.6 is 0 Å². The molecule has 2 N–H and O–H groups in total. The van der Waals surface area contributed by atoms with Crippen LogP contribution in [0.5, 0.6) is 0 Å². The third-order valence-electron chi connectivity index (χ3n) is 3.41. The molecule has 0 aliphatic heterocycles.